The molecule has 1 aromatic rings. The second-order valence-electron chi connectivity index (χ2n) is 4.55. The zero-order valence-electron chi connectivity index (χ0n) is 10.1. The fraction of sp³-hybridized carbons (Fsp3) is 0.500. The highest BCUT2D eigenvalue weighted by molar-refractivity contribution is 5.94. The van der Waals surface area contributed by atoms with Crippen molar-refractivity contribution in [1.29, 1.82) is 0 Å². The summed E-state index contributed by atoms with van der Waals surface area (Å²) in [5.41, 5.74) is 1.06. The molecule has 0 amide bonds. The molecule has 0 aliphatic carbocycles. The normalized spacial score (nSPS) is 19.9. The van der Waals surface area contributed by atoms with Gasteiger partial charge in [-0.25, -0.2) is 4.79 Å². The van der Waals surface area contributed by atoms with Crippen LogP contribution in [0.25, 0.3) is 0 Å². The number of pyridine rings is 1. The molecule has 1 fully saturated rings. The number of hydrogen-bond donors (Lipinski definition) is 1. The van der Waals surface area contributed by atoms with Crippen LogP contribution in [-0.2, 0) is 0 Å². The number of aromatic nitrogens is 1. The minimum absolute atomic E-state index is 0.284. The fourth-order valence-electron chi connectivity index (χ4n) is 2.21. The zero-order valence-corrected chi connectivity index (χ0v) is 10.1. The maximum atomic E-state index is 11.1. The van der Waals surface area contributed by atoms with Gasteiger partial charge in [-0.1, -0.05) is 0 Å². The Kier molecular flexibility index (Phi) is 3.28. The molecule has 5 heteroatoms. The van der Waals surface area contributed by atoms with E-state index in [-0.39, 0.29) is 5.56 Å². The molecule has 1 aromatic heterocycles. The molecule has 2 heterocycles. The lowest BCUT2D eigenvalue weighted by molar-refractivity contribution is 0.0697. The van der Waals surface area contributed by atoms with Crippen LogP contribution in [0.3, 0.4) is 0 Å². The maximum absolute atomic E-state index is 11.1. The van der Waals surface area contributed by atoms with Crippen LogP contribution in [0, 0.1) is 0 Å². The molecule has 0 saturated carbocycles. The number of aromatic carboxylic acids is 1. The predicted molar refractivity (Wildman–Crippen MR) is 65.5 cm³/mol. The van der Waals surface area contributed by atoms with Crippen molar-refractivity contribution in [2.24, 2.45) is 0 Å². The summed E-state index contributed by atoms with van der Waals surface area (Å²) >= 11 is 0. The van der Waals surface area contributed by atoms with Gasteiger partial charge in [0.25, 0.3) is 0 Å². The van der Waals surface area contributed by atoms with Crippen molar-refractivity contribution in [2.45, 2.75) is 12.5 Å². The van der Waals surface area contributed by atoms with Crippen LogP contribution in [0.1, 0.15) is 16.8 Å². The van der Waals surface area contributed by atoms with Gasteiger partial charge in [0, 0.05) is 31.5 Å². The fourth-order valence-corrected chi connectivity index (χ4v) is 2.21. The third kappa shape index (κ3) is 2.39. The van der Waals surface area contributed by atoms with Gasteiger partial charge in [0.15, 0.2) is 0 Å². The summed E-state index contributed by atoms with van der Waals surface area (Å²) < 4.78 is 0. The second-order valence-corrected chi connectivity index (χ2v) is 4.55. The minimum Gasteiger partial charge on any atom is -0.478 e. The summed E-state index contributed by atoms with van der Waals surface area (Å²) in [6.07, 6.45) is 4.12. The van der Waals surface area contributed by atoms with Crippen LogP contribution in [-0.4, -0.2) is 54.2 Å². The Bertz CT molecular complexity index is 420. The molecule has 1 atom stereocenters. The van der Waals surface area contributed by atoms with Crippen LogP contribution < -0.4 is 4.90 Å². The van der Waals surface area contributed by atoms with E-state index in [2.05, 4.69) is 28.9 Å². The summed E-state index contributed by atoms with van der Waals surface area (Å²) in [5, 5.41) is 9.12. The van der Waals surface area contributed by atoms with Crippen LogP contribution >= 0.6 is 0 Å². The van der Waals surface area contributed by atoms with Gasteiger partial charge in [0.2, 0.25) is 0 Å². The van der Waals surface area contributed by atoms with Gasteiger partial charge in [0.05, 0.1) is 5.69 Å². The highest BCUT2D eigenvalue weighted by Gasteiger charge is 2.26. The Labute approximate surface area is 101 Å². The van der Waals surface area contributed by atoms with Gasteiger partial charge in [-0.2, -0.15) is 0 Å². The van der Waals surface area contributed by atoms with Crippen molar-refractivity contribution >= 4 is 11.7 Å². The first-order valence-electron chi connectivity index (χ1n) is 5.68. The first-order valence-corrected chi connectivity index (χ1v) is 5.68. The standard InChI is InChI=1S/C12H17N3O2/c1-14(2)9-4-6-15(8-9)11-3-5-13-7-10(11)12(16)17/h3,5,7,9H,4,6,8H2,1-2H3,(H,16,17). The molecule has 0 aromatic carbocycles. The topological polar surface area (TPSA) is 56.7 Å². The van der Waals surface area contributed by atoms with Crippen molar-refractivity contribution in [3.63, 3.8) is 0 Å². The van der Waals surface area contributed by atoms with E-state index in [1.807, 2.05) is 0 Å². The SMILES string of the molecule is CN(C)C1CCN(c2ccncc2C(=O)O)C1. The van der Waals surface area contributed by atoms with Gasteiger partial charge in [0.1, 0.15) is 5.56 Å². The van der Waals surface area contributed by atoms with Gasteiger partial charge >= 0.3 is 5.97 Å². The molecule has 2 rings (SSSR count). The number of anilines is 1. The quantitative estimate of drug-likeness (QED) is 0.844. The number of carboxylic acids is 1. The number of hydrogen-bond acceptors (Lipinski definition) is 4. The Morgan fingerprint density at radius 1 is 1.59 bits per heavy atom. The zero-order chi connectivity index (χ0) is 12.4. The first kappa shape index (κ1) is 11.9. The van der Waals surface area contributed by atoms with E-state index in [9.17, 15) is 4.79 Å². The van der Waals surface area contributed by atoms with Crippen LogP contribution in [0.15, 0.2) is 18.5 Å². The van der Waals surface area contributed by atoms with Crippen molar-refractivity contribution in [3.05, 3.63) is 24.0 Å². The van der Waals surface area contributed by atoms with E-state index in [1.165, 1.54) is 6.20 Å². The van der Waals surface area contributed by atoms with Crippen LogP contribution in [0.5, 0.6) is 0 Å². The molecule has 17 heavy (non-hydrogen) atoms. The molecule has 1 saturated heterocycles. The summed E-state index contributed by atoms with van der Waals surface area (Å²) in [5.74, 6) is -0.915. The molecule has 1 N–H and O–H groups in total. The smallest absolute Gasteiger partial charge is 0.339 e. The molecule has 0 spiro atoms. The Hall–Kier alpha value is -1.62. The average molecular weight is 235 g/mol. The van der Waals surface area contributed by atoms with E-state index < -0.39 is 5.97 Å². The lowest BCUT2D eigenvalue weighted by Crippen LogP contribution is -2.32. The third-order valence-corrected chi connectivity index (χ3v) is 3.26. The van der Waals surface area contributed by atoms with Crippen molar-refractivity contribution in [2.75, 3.05) is 32.1 Å². The summed E-state index contributed by atoms with van der Waals surface area (Å²) in [7, 11) is 4.11. The summed E-state index contributed by atoms with van der Waals surface area (Å²) in [4.78, 5) is 19.3. The Morgan fingerprint density at radius 3 is 2.94 bits per heavy atom. The maximum Gasteiger partial charge on any atom is 0.339 e. The van der Waals surface area contributed by atoms with Crippen molar-refractivity contribution in [1.82, 2.24) is 9.88 Å². The largest absolute Gasteiger partial charge is 0.478 e. The second kappa shape index (κ2) is 4.71. The Balaban J connectivity index is 2.21. The lowest BCUT2D eigenvalue weighted by atomic mass is 10.2. The molecule has 1 aliphatic heterocycles. The van der Waals surface area contributed by atoms with E-state index >= 15 is 0 Å². The molecular weight excluding hydrogens is 218 g/mol. The number of carboxylic acid groups (broad SMARTS) is 1. The number of likely N-dealkylation sites (N-methyl/N-ethyl adjacent to an activating group) is 1. The number of rotatable bonds is 3. The molecule has 1 unspecified atom stereocenters. The molecule has 92 valence electrons. The number of carbonyl (C=O) groups is 1. The average Bonchev–Trinajstić information content (AvgIpc) is 2.78. The number of nitrogens with zero attached hydrogens (tertiary/aromatic N) is 3. The van der Waals surface area contributed by atoms with E-state index in [0.29, 0.717) is 6.04 Å². The highest BCUT2D eigenvalue weighted by Crippen LogP contribution is 2.25. The molecule has 0 bridgehead atoms. The third-order valence-electron chi connectivity index (χ3n) is 3.26. The van der Waals surface area contributed by atoms with Crippen molar-refractivity contribution < 1.29 is 9.90 Å². The van der Waals surface area contributed by atoms with Crippen molar-refractivity contribution in [3.8, 4) is 0 Å². The molecule has 1 aliphatic rings. The van der Waals surface area contributed by atoms with Crippen LogP contribution in [0.2, 0.25) is 0 Å². The molecular formula is C12H17N3O2. The molecule has 0 radical (unpaired) electrons. The first-order chi connectivity index (χ1) is 8.09. The minimum atomic E-state index is -0.915. The van der Waals surface area contributed by atoms with Crippen LogP contribution in [0.4, 0.5) is 5.69 Å². The van der Waals surface area contributed by atoms with E-state index in [4.69, 9.17) is 5.11 Å². The Morgan fingerprint density at radius 2 is 2.35 bits per heavy atom. The monoisotopic (exact) mass is 235 g/mol. The highest BCUT2D eigenvalue weighted by atomic mass is 16.4. The van der Waals surface area contributed by atoms with Gasteiger partial charge in [-0.05, 0) is 26.6 Å². The predicted octanol–water partition coefficient (Wildman–Crippen LogP) is 0.920. The molecule has 5 nitrogen and oxygen atoms in total. The van der Waals surface area contributed by atoms with E-state index in [1.54, 1.807) is 12.3 Å². The summed E-state index contributed by atoms with van der Waals surface area (Å²) in [6.45, 7) is 1.77. The van der Waals surface area contributed by atoms with E-state index in [0.717, 1.165) is 25.2 Å². The summed E-state index contributed by atoms with van der Waals surface area (Å²) in [6, 6.07) is 2.27. The van der Waals surface area contributed by atoms with Gasteiger partial charge in [-0.15, -0.1) is 0 Å². The lowest BCUT2D eigenvalue weighted by Gasteiger charge is -2.22. The van der Waals surface area contributed by atoms with Gasteiger partial charge < -0.3 is 14.9 Å². The van der Waals surface area contributed by atoms with Gasteiger partial charge in [-0.3, -0.25) is 4.98 Å².